The number of hydrogen-bond acceptors (Lipinski definition) is 7. The Morgan fingerprint density at radius 2 is 1.82 bits per heavy atom. The number of benzene rings is 3. The number of para-hydroxylation sites is 2. The van der Waals surface area contributed by atoms with E-state index in [1.54, 1.807) is 38.2 Å². The number of carbonyl (C=O) groups is 1. The second kappa shape index (κ2) is 11.4. The van der Waals surface area contributed by atoms with Crippen LogP contribution in [-0.2, 0) is 16.1 Å². The summed E-state index contributed by atoms with van der Waals surface area (Å²) in [4.78, 5) is 16.1. The second-order valence-corrected chi connectivity index (χ2v) is 9.94. The molecule has 1 spiro atoms. The quantitative estimate of drug-likeness (QED) is 0.374. The van der Waals surface area contributed by atoms with Crippen molar-refractivity contribution in [1.82, 2.24) is 10.6 Å². The number of ether oxygens (including phenoxy) is 3. The number of rotatable bonds is 8. The Morgan fingerprint density at radius 3 is 2.56 bits per heavy atom. The van der Waals surface area contributed by atoms with Crippen LogP contribution in [0, 0.1) is 0 Å². The Labute approximate surface area is 225 Å². The zero-order valence-electron chi connectivity index (χ0n) is 21.9. The number of carbonyl (C=O) groups excluding carboxylic acids is 1. The van der Waals surface area contributed by atoms with Crippen LogP contribution in [0.3, 0.4) is 0 Å². The Balaban J connectivity index is 1.64. The number of nitrogens with one attached hydrogen (secondary N) is 2. The minimum Gasteiger partial charge on any atom is -0.483 e. The van der Waals surface area contributed by atoms with Crippen molar-refractivity contribution in [3.8, 4) is 11.5 Å². The maximum Gasteiger partial charge on any atom is 0.387 e. The van der Waals surface area contributed by atoms with Crippen LogP contribution in [0.1, 0.15) is 25.3 Å². The smallest absolute Gasteiger partial charge is 0.387 e. The van der Waals surface area contributed by atoms with Crippen molar-refractivity contribution < 1.29 is 32.9 Å². The maximum absolute atomic E-state index is 14.5. The molecule has 2 aliphatic heterocycles. The van der Waals surface area contributed by atoms with Crippen LogP contribution in [0.2, 0.25) is 0 Å². The van der Waals surface area contributed by atoms with E-state index in [2.05, 4.69) is 10.6 Å². The van der Waals surface area contributed by atoms with Crippen LogP contribution in [0.5, 0.6) is 11.5 Å². The van der Waals surface area contributed by atoms with Crippen LogP contribution >= 0.6 is 0 Å². The molecule has 1 saturated heterocycles. The number of aliphatic hydroxyl groups excluding tert-OH is 1. The molecule has 10 heteroatoms. The van der Waals surface area contributed by atoms with E-state index in [0.717, 1.165) is 5.39 Å². The molecule has 2 heterocycles. The minimum atomic E-state index is -3.03. The van der Waals surface area contributed by atoms with Gasteiger partial charge in [-0.15, -0.1) is 0 Å². The molecular formula is C29H33F2N3O5. The lowest BCUT2D eigenvalue weighted by Gasteiger charge is -2.43. The number of amides is 1. The number of nitrogens with zero attached hydrogens (tertiary/aromatic N) is 1. The van der Waals surface area contributed by atoms with Crippen LogP contribution in [0.15, 0.2) is 60.7 Å². The van der Waals surface area contributed by atoms with Gasteiger partial charge in [-0.05, 0) is 42.9 Å². The predicted molar refractivity (Wildman–Crippen MR) is 143 cm³/mol. The molecule has 0 radical (unpaired) electrons. The van der Waals surface area contributed by atoms with E-state index >= 15 is 0 Å². The molecule has 8 nitrogen and oxygen atoms in total. The molecule has 0 aromatic heterocycles. The fourth-order valence-electron chi connectivity index (χ4n) is 5.35. The van der Waals surface area contributed by atoms with Gasteiger partial charge in [0.2, 0.25) is 5.91 Å². The fourth-order valence-corrected chi connectivity index (χ4v) is 5.35. The normalized spacial score (nSPS) is 20.4. The first-order valence-corrected chi connectivity index (χ1v) is 13.1. The number of anilines is 1. The van der Waals surface area contributed by atoms with Gasteiger partial charge in [-0.2, -0.15) is 8.78 Å². The second-order valence-electron chi connectivity index (χ2n) is 9.94. The number of hydrogen-bond donors (Lipinski definition) is 3. The van der Waals surface area contributed by atoms with E-state index < -0.39 is 24.5 Å². The molecule has 0 saturated carbocycles. The van der Waals surface area contributed by atoms with Gasteiger partial charge < -0.3 is 29.5 Å². The summed E-state index contributed by atoms with van der Waals surface area (Å²) < 4.78 is 44.0. The molecule has 5 rings (SSSR count). The Bertz CT molecular complexity index is 1320. The van der Waals surface area contributed by atoms with Crippen LogP contribution in [-0.4, -0.2) is 61.8 Å². The molecule has 3 unspecified atom stereocenters. The molecule has 0 aliphatic carbocycles. The highest BCUT2D eigenvalue weighted by molar-refractivity contribution is 6.01. The summed E-state index contributed by atoms with van der Waals surface area (Å²) in [5.74, 6) is 0.137. The summed E-state index contributed by atoms with van der Waals surface area (Å²) in [6, 6.07) is 16.5. The van der Waals surface area contributed by atoms with Crippen molar-refractivity contribution in [1.29, 1.82) is 0 Å². The van der Waals surface area contributed by atoms with Crippen molar-refractivity contribution in [3.05, 3.63) is 66.2 Å². The summed E-state index contributed by atoms with van der Waals surface area (Å²) in [7, 11) is 1.72. The third kappa shape index (κ3) is 5.42. The summed E-state index contributed by atoms with van der Waals surface area (Å²) in [5, 5.41) is 18.6. The summed E-state index contributed by atoms with van der Waals surface area (Å²) in [5.41, 5.74) is -0.0393. The Hall–Kier alpha value is -3.31. The zero-order chi connectivity index (χ0) is 27.6. The standard InChI is InChI=1S/C29H33F2N3O5/c1-18(32-2)26(35)33-25-27(36)34(22-9-5-6-10-24(22)39-29(25)13-15-37-16-14-29)17-21-20-8-4-3-7-19(20)11-12-23(21)38-28(30)31/h3-12,18,25-26,28,32-33,35H,13-17H2,1-2H3. The number of aliphatic hydroxyl groups is 1. The van der Waals surface area contributed by atoms with Crippen molar-refractivity contribution >= 4 is 22.4 Å². The molecular weight excluding hydrogens is 508 g/mol. The van der Waals surface area contributed by atoms with Gasteiger partial charge in [-0.3, -0.25) is 10.1 Å². The Morgan fingerprint density at radius 1 is 1.10 bits per heavy atom. The van der Waals surface area contributed by atoms with Gasteiger partial charge in [-0.1, -0.05) is 42.5 Å². The molecule has 39 heavy (non-hydrogen) atoms. The molecule has 1 amide bonds. The van der Waals surface area contributed by atoms with Gasteiger partial charge in [-0.25, -0.2) is 0 Å². The SMILES string of the molecule is CNC(C)C(O)NC1C(=O)N(Cc2c(OC(F)F)ccc3ccccc23)c2ccccc2OC12CCOCC2. The van der Waals surface area contributed by atoms with Gasteiger partial charge in [0, 0.05) is 24.4 Å². The molecule has 3 N–H and O–H groups in total. The first-order chi connectivity index (χ1) is 18.8. The van der Waals surface area contributed by atoms with Gasteiger partial charge >= 0.3 is 6.61 Å². The van der Waals surface area contributed by atoms with Crippen molar-refractivity contribution in [2.45, 2.75) is 56.8 Å². The summed E-state index contributed by atoms with van der Waals surface area (Å²) >= 11 is 0. The number of halogens is 2. The van der Waals surface area contributed by atoms with E-state index in [0.29, 0.717) is 48.4 Å². The number of fused-ring (bicyclic) bond motifs is 2. The third-order valence-electron chi connectivity index (χ3n) is 7.64. The van der Waals surface area contributed by atoms with E-state index in [9.17, 15) is 18.7 Å². The average Bonchev–Trinajstić information content (AvgIpc) is 3.03. The zero-order valence-corrected chi connectivity index (χ0v) is 21.9. The van der Waals surface area contributed by atoms with Crippen molar-refractivity contribution in [2.75, 3.05) is 25.2 Å². The average molecular weight is 542 g/mol. The molecule has 3 aromatic carbocycles. The van der Waals surface area contributed by atoms with Crippen LogP contribution in [0.4, 0.5) is 14.5 Å². The van der Waals surface area contributed by atoms with Gasteiger partial charge in [0.15, 0.2) is 0 Å². The van der Waals surface area contributed by atoms with E-state index in [-0.39, 0.29) is 24.2 Å². The first-order valence-electron chi connectivity index (χ1n) is 13.1. The molecule has 3 atom stereocenters. The van der Waals surface area contributed by atoms with Crippen molar-refractivity contribution in [3.63, 3.8) is 0 Å². The molecule has 1 fully saturated rings. The molecule has 208 valence electrons. The topological polar surface area (TPSA) is 92.3 Å². The minimum absolute atomic E-state index is 0.00623. The van der Waals surface area contributed by atoms with Crippen molar-refractivity contribution in [2.24, 2.45) is 0 Å². The number of alkyl halides is 2. The molecule has 0 bridgehead atoms. The highest BCUT2D eigenvalue weighted by atomic mass is 19.3. The largest absolute Gasteiger partial charge is 0.483 e. The van der Waals surface area contributed by atoms with E-state index in [1.807, 2.05) is 30.3 Å². The maximum atomic E-state index is 14.5. The van der Waals surface area contributed by atoms with E-state index in [1.165, 1.54) is 11.0 Å². The first kappa shape index (κ1) is 27.3. The fraction of sp³-hybridized carbons (Fsp3) is 0.414. The predicted octanol–water partition coefficient (Wildman–Crippen LogP) is 3.80. The lowest BCUT2D eigenvalue weighted by Crippen LogP contribution is -2.66. The van der Waals surface area contributed by atoms with Gasteiger partial charge in [0.25, 0.3) is 0 Å². The Kier molecular flexibility index (Phi) is 7.99. The van der Waals surface area contributed by atoms with Gasteiger partial charge in [0.05, 0.1) is 25.4 Å². The number of likely N-dealkylation sites (N-methyl/N-ethyl adjacent to an activating group) is 1. The van der Waals surface area contributed by atoms with E-state index in [4.69, 9.17) is 14.2 Å². The summed E-state index contributed by atoms with van der Waals surface area (Å²) in [6.45, 7) is -0.501. The lowest BCUT2D eigenvalue weighted by molar-refractivity contribution is -0.133. The highest BCUT2D eigenvalue weighted by Crippen LogP contribution is 2.42. The highest BCUT2D eigenvalue weighted by Gasteiger charge is 2.51. The van der Waals surface area contributed by atoms with Gasteiger partial charge in [0.1, 0.15) is 29.4 Å². The molecule has 3 aromatic rings. The van der Waals surface area contributed by atoms with Crippen LogP contribution < -0.4 is 25.0 Å². The molecule has 2 aliphatic rings. The van der Waals surface area contributed by atoms with Crippen LogP contribution in [0.25, 0.3) is 10.8 Å². The summed E-state index contributed by atoms with van der Waals surface area (Å²) in [6.07, 6.45) is -0.217. The monoisotopic (exact) mass is 541 g/mol. The third-order valence-corrected chi connectivity index (χ3v) is 7.64. The lowest BCUT2D eigenvalue weighted by atomic mass is 9.84.